The Hall–Kier alpha value is -2.69. The van der Waals surface area contributed by atoms with Crippen molar-refractivity contribution in [2.75, 3.05) is 6.61 Å². The van der Waals surface area contributed by atoms with Gasteiger partial charge in [0.1, 0.15) is 0 Å². The lowest BCUT2D eigenvalue weighted by atomic mass is 10.1. The SMILES string of the molecule is CC/C=C\C/C=C\C/C=C\C/C=C\C/C=C\C/C=C\CCCCCCCCCCC(=O)NC(CO)C(O)/C=C/CC/C=C/CCCCCCCCCCCCC. The van der Waals surface area contributed by atoms with E-state index in [1.54, 1.807) is 6.08 Å². The largest absolute Gasteiger partial charge is 0.394 e. The zero-order chi connectivity index (χ0) is 40.7. The van der Waals surface area contributed by atoms with Crippen molar-refractivity contribution in [2.24, 2.45) is 0 Å². The summed E-state index contributed by atoms with van der Waals surface area (Å²) < 4.78 is 0. The molecule has 0 heterocycles. The maximum Gasteiger partial charge on any atom is 0.220 e. The minimum atomic E-state index is -0.872. The normalized spacial score (nSPS) is 13.9. The van der Waals surface area contributed by atoms with Crippen LogP contribution < -0.4 is 5.32 Å². The first-order chi connectivity index (χ1) is 27.7. The molecule has 0 aromatic carbocycles. The van der Waals surface area contributed by atoms with E-state index < -0.39 is 12.1 Å². The average Bonchev–Trinajstić information content (AvgIpc) is 3.20. The van der Waals surface area contributed by atoms with E-state index in [2.05, 4.69) is 104 Å². The number of amides is 1. The van der Waals surface area contributed by atoms with E-state index >= 15 is 0 Å². The van der Waals surface area contributed by atoms with Gasteiger partial charge in [0.25, 0.3) is 0 Å². The minimum Gasteiger partial charge on any atom is -0.394 e. The Morgan fingerprint density at radius 2 is 0.804 bits per heavy atom. The number of hydrogen-bond donors (Lipinski definition) is 3. The number of unbranched alkanes of at least 4 members (excludes halogenated alkanes) is 20. The van der Waals surface area contributed by atoms with Gasteiger partial charge in [-0.25, -0.2) is 0 Å². The minimum absolute atomic E-state index is 0.0868. The molecule has 2 atom stereocenters. The topological polar surface area (TPSA) is 69.6 Å². The fourth-order valence-corrected chi connectivity index (χ4v) is 6.49. The van der Waals surface area contributed by atoms with Gasteiger partial charge in [-0.15, -0.1) is 0 Å². The number of hydrogen-bond acceptors (Lipinski definition) is 3. The number of rotatable bonds is 41. The van der Waals surface area contributed by atoms with Crippen LogP contribution in [-0.4, -0.2) is 34.9 Å². The van der Waals surface area contributed by atoms with Gasteiger partial charge in [-0.3, -0.25) is 4.79 Å². The highest BCUT2D eigenvalue weighted by Gasteiger charge is 2.17. The predicted octanol–water partition coefficient (Wildman–Crippen LogP) is 15.0. The molecule has 0 aliphatic carbocycles. The predicted molar refractivity (Wildman–Crippen MR) is 248 cm³/mol. The first kappa shape index (κ1) is 53.3. The number of allylic oxidation sites excluding steroid dienone is 15. The highest BCUT2D eigenvalue weighted by molar-refractivity contribution is 5.76. The van der Waals surface area contributed by atoms with Gasteiger partial charge in [-0.1, -0.05) is 214 Å². The lowest BCUT2D eigenvalue weighted by Gasteiger charge is -2.19. The molecule has 0 aromatic heterocycles. The van der Waals surface area contributed by atoms with E-state index in [1.807, 2.05) is 6.08 Å². The second kappa shape index (κ2) is 46.7. The molecule has 0 saturated heterocycles. The Kier molecular flexibility index (Phi) is 44.4. The molecular weight excluding hydrogens is 687 g/mol. The molecule has 4 heteroatoms. The third-order valence-electron chi connectivity index (χ3n) is 10.1. The van der Waals surface area contributed by atoms with Crippen molar-refractivity contribution >= 4 is 5.91 Å². The molecule has 3 N–H and O–H groups in total. The molecule has 4 nitrogen and oxygen atoms in total. The van der Waals surface area contributed by atoms with E-state index in [-0.39, 0.29) is 12.5 Å². The smallest absolute Gasteiger partial charge is 0.220 e. The summed E-state index contributed by atoms with van der Waals surface area (Å²) in [5, 5.41) is 23.0. The van der Waals surface area contributed by atoms with Crippen LogP contribution in [0.1, 0.15) is 206 Å². The first-order valence-corrected chi connectivity index (χ1v) is 23.5. The van der Waals surface area contributed by atoms with Crippen LogP contribution in [-0.2, 0) is 4.79 Å². The van der Waals surface area contributed by atoms with Crippen LogP contribution in [0.25, 0.3) is 0 Å². The van der Waals surface area contributed by atoms with E-state index in [1.165, 1.54) is 103 Å². The Balaban J connectivity index is 3.66. The van der Waals surface area contributed by atoms with E-state index in [0.29, 0.717) is 6.42 Å². The molecule has 1 amide bonds. The quantitative estimate of drug-likeness (QED) is 0.0428. The van der Waals surface area contributed by atoms with Crippen molar-refractivity contribution in [3.05, 3.63) is 97.2 Å². The van der Waals surface area contributed by atoms with Gasteiger partial charge in [-0.05, 0) is 83.5 Å². The van der Waals surface area contributed by atoms with Gasteiger partial charge in [0, 0.05) is 6.42 Å². The highest BCUT2D eigenvalue weighted by Crippen LogP contribution is 2.13. The van der Waals surface area contributed by atoms with Crippen LogP contribution in [0, 0.1) is 0 Å². The Labute approximate surface area is 347 Å². The maximum atomic E-state index is 12.4. The fourth-order valence-electron chi connectivity index (χ4n) is 6.49. The Morgan fingerprint density at radius 3 is 1.25 bits per heavy atom. The molecule has 320 valence electrons. The molecule has 0 radical (unpaired) electrons. The van der Waals surface area contributed by atoms with Gasteiger partial charge in [0.15, 0.2) is 0 Å². The molecule has 0 spiro atoms. The average molecular weight is 776 g/mol. The van der Waals surface area contributed by atoms with E-state index in [9.17, 15) is 15.0 Å². The molecule has 0 saturated carbocycles. The van der Waals surface area contributed by atoms with Crippen molar-refractivity contribution in [1.82, 2.24) is 5.32 Å². The van der Waals surface area contributed by atoms with Crippen molar-refractivity contribution in [3.63, 3.8) is 0 Å². The summed E-state index contributed by atoms with van der Waals surface area (Å²) in [7, 11) is 0. The Morgan fingerprint density at radius 1 is 0.446 bits per heavy atom. The molecule has 0 aliphatic rings. The summed E-state index contributed by atoms with van der Waals surface area (Å²) >= 11 is 0. The van der Waals surface area contributed by atoms with Gasteiger partial charge < -0.3 is 15.5 Å². The fraction of sp³-hybridized carbons (Fsp3) is 0.673. The van der Waals surface area contributed by atoms with Crippen molar-refractivity contribution in [1.29, 1.82) is 0 Å². The molecule has 0 aromatic rings. The van der Waals surface area contributed by atoms with Crippen molar-refractivity contribution in [2.45, 2.75) is 219 Å². The maximum absolute atomic E-state index is 12.4. The number of nitrogens with one attached hydrogen (secondary N) is 1. The standard InChI is InChI=1S/C52H89NO3/c1-3-5-7-9-11-13-15-17-19-21-22-23-24-25-26-27-28-29-30-32-34-36-38-40-42-44-46-48-52(56)53-50(49-54)51(55)47-45-43-41-39-37-35-33-31-20-18-16-14-12-10-8-6-4-2/h5,7,11,13,17,19,22-23,25-26,28-29,37,39,45,47,50-51,54-55H,3-4,6,8-10,12,14-16,18,20-21,24,27,30-36,38,40-44,46,48-49H2,1-2H3,(H,53,56)/b7-5-,13-11-,19-17-,23-22-,26-25-,29-28-,39-37+,47-45+. The van der Waals surface area contributed by atoms with Crippen LogP contribution in [0.2, 0.25) is 0 Å². The lowest BCUT2D eigenvalue weighted by Crippen LogP contribution is -2.45. The van der Waals surface area contributed by atoms with Gasteiger partial charge in [-0.2, -0.15) is 0 Å². The summed E-state index contributed by atoms with van der Waals surface area (Å²) in [6.45, 7) is 4.17. The number of aliphatic hydroxyl groups excluding tert-OH is 2. The third-order valence-corrected chi connectivity index (χ3v) is 10.1. The number of carbonyl (C=O) groups is 1. The third kappa shape index (κ3) is 42.5. The van der Waals surface area contributed by atoms with Crippen molar-refractivity contribution < 1.29 is 15.0 Å². The number of aliphatic hydroxyl groups is 2. The first-order valence-electron chi connectivity index (χ1n) is 23.5. The second-order valence-electron chi connectivity index (χ2n) is 15.4. The van der Waals surface area contributed by atoms with Crippen LogP contribution in [0.4, 0.5) is 0 Å². The monoisotopic (exact) mass is 776 g/mol. The van der Waals surface area contributed by atoms with E-state index in [0.717, 1.165) is 83.5 Å². The summed E-state index contributed by atoms with van der Waals surface area (Å²) in [5.41, 5.74) is 0. The summed E-state index contributed by atoms with van der Waals surface area (Å²) in [6, 6.07) is -0.650. The van der Waals surface area contributed by atoms with Gasteiger partial charge in [0.2, 0.25) is 5.91 Å². The van der Waals surface area contributed by atoms with Crippen molar-refractivity contribution in [3.8, 4) is 0 Å². The molecule has 0 bridgehead atoms. The van der Waals surface area contributed by atoms with Gasteiger partial charge >= 0.3 is 0 Å². The summed E-state index contributed by atoms with van der Waals surface area (Å²) in [5.74, 6) is -0.0868. The van der Waals surface area contributed by atoms with Crippen LogP contribution in [0.15, 0.2) is 97.2 Å². The summed E-state index contributed by atoms with van der Waals surface area (Å²) in [6.07, 6.45) is 69.5. The lowest BCUT2D eigenvalue weighted by molar-refractivity contribution is -0.123. The molecule has 2 unspecified atom stereocenters. The van der Waals surface area contributed by atoms with Crippen LogP contribution in [0.3, 0.4) is 0 Å². The second-order valence-corrected chi connectivity index (χ2v) is 15.4. The van der Waals surface area contributed by atoms with Crippen LogP contribution in [0.5, 0.6) is 0 Å². The zero-order valence-corrected chi connectivity index (χ0v) is 36.6. The molecule has 56 heavy (non-hydrogen) atoms. The summed E-state index contributed by atoms with van der Waals surface area (Å²) in [4.78, 5) is 12.4. The van der Waals surface area contributed by atoms with E-state index in [4.69, 9.17) is 0 Å². The van der Waals surface area contributed by atoms with Gasteiger partial charge in [0.05, 0.1) is 18.8 Å². The molecular formula is C52H89NO3. The highest BCUT2D eigenvalue weighted by atomic mass is 16.3. The molecule has 0 fully saturated rings. The zero-order valence-electron chi connectivity index (χ0n) is 36.6. The Bertz CT molecular complexity index is 1060. The van der Waals surface area contributed by atoms with Crippen LogP contribution >= 0.6 is 0 Å². The molecule has 0 rings (SSSR count). The number of carbonyl (C=O) groups excluding carboxylic acids is 1. The molecule has 0 aliphatic heterocycles.